The van der Waals surface area contributed by atoms with Crippen LogP contribution in [0.1, 0.15) is 52.9 Å². The van der Waals surface area contributed by atoms with Crippen LogP contribution in [0.5, 0.6) is 0 Å². The van der Waals surface area contributed by atoms with Gasteiger partial charge in [-0.1, -0.05) is 27.2 Å². The number of rotatable bonds is 0. The fourth-order valence-corrected chi connectivity index (χ4v) is 3.58. The zero-order valence-corrected chi connectivity index (χ0v) is 9.68. The summed E-state index contributed by atoms with van der Waals surface area (Å²) in [5.41, 5.74) is 0.415. The average Bonchev–Trinajstić information content (AvgIpc) is 2.11. The fraction of sp³-hybridized carbons (Fsp3) is 0.923. The first-order valence-electron chi connectivity index (χ1n) is 6.06. The van der Waals surface area contributed by atoms with Crippen molar-refractivity contribution in [2.75, 3.05) is 0 Å². The molecule has 0 radical (unpaired) electrons. The zero-order chi connectivity index (χ0) is 10.3. The van der Waals surface area contributed by atoms with Crippen molar-refractivity contribution in [2.24, 2.45) is 23.2 Å². The fourth-order valence-electron chi connectivity index (χ4n) is 3.58. The van der Waals surface area contributed by atoms with E-state index in [4.69, 9.17) is 0 Å². The van der Waals surface area contributed by atoms with E-state index in [-0.39, 0.29) is 0 Å². The Balaban J connectivity index is 2.20. The summed E-state index contributed by atoms with van der Waals surface area (Å²) in [6, 6.07) is 0. The molecule has 0 N–H and O–H groups in total. The molecule has 0 saturated heterocycles. The summed E-state index contributed by atoms with van der Waals surface area (Å²) in [7, 11) is 0. The van der Waals surface area contributed by atoms with E-state index in [1.54, 1.807) is 0 Å². The molecule has 2 aliphatic rings. The molecule has 1 nitrogen and oxygen atoms in total. The summed E-state index contributed by atoms with van der Waals surface area (Å²) in [4.78, 5) is 12.0. The lowest BCUT2D eigenvalue weighted by Gasteiger charge is -2.47. The van der Waals surface area contributed by atoms with Crippen molar-refractivity contribution in [3.63, 3.8) is 0 Å². The Bertz CT molecular complexity index is 242. The third kappa shape index (κ3) is 1.51. The molecule has 14 heavy (non-hydrogen) atoms. The van der Waals surface area contributed by atoms with Gasteiger partial charge in [-0.05, 0) is 37.0 Å². The molecule has 0 spiro atoms. The van der Waals surface area contributed by atoms with E-state index < -0.39 is 0 Å². The van der Waals surface area contributed by atoms with E-state index in [2.05, 4.69) is 20.8 Å². The summed E-state index contributed by atoms with van der Waals surface area (Å²) < 4.78 is 0. The standard InChI is InChI=1S/C13H22O/c1-9-6-7-11-10(12(9)14)5-4-8-13(11,2)3/h9-11H,4-8H2,1-3H3/t9-,10-,11+/m0/s1. The number of carbonyl (C=O) groups excluding carboxylic acids is 1. The van der Waals surface area contributed by atoms with Crippen molar-refractivity contribution < 1.29 is 4.79 Å². The van der Waals surface area contributed by atoms with Crippen LogP contribution in [0.15, 0.2) is 0 Å². The molecule has 0 bridgehead atoms. The molecule has 3 atom stereocenters. The van der Waals surface area contributed by atoms with Gasteiger partial charge in [0.1, 0.15) is 5.78 Å². The van der Waals surface area contributed by atoms with Gasteiger partial charge in [0, 0.05) is 11.8 Å². The Hall–Kier alpha value is -0.330. The Kier molecular flexibility index (Phi) is 2.45. The van der Waals surface area contributed by atoms with Crippen LogP contribution in [0.25, 0.3) is 0 Å². The van der Waals surface area contributed by atoms with Gasteiger partial charge < -0.3 is 0 Å². The lowest BCUT2D eigenvalue weighted by Crippen LogP contribution is -2.44. The monoisotopic (exact) mass is 194 g/mol. The second-order valence-electron chi connectivity index (χ2n) is 5.97. The van der Waals surface area contributed by atoms with Gasteiger partial charge in [0.25, 0.3) is 0 Å². The van der Waals surface area contributed by atoms with Gasteiger partial charge in [0.05, 0.1) is 0 Å². The predicted molar refractivity (Wildman–Crippen MR) is 58.0 cm³/mol. The molecule has 2 rings (SSSR count). The maximum absolute atomic E-state index is 12.0. The highest BCUT2D eigenvalue weighted by atomic mass is 16.1. The largest absolute Gasteiger partial charge is 0.299 e. The van der Waals surface area contributed by atoms with Crippen molar-refractivity contribution in [1.29, 1.82) is 0 Å². The van der Waals surface area contributed by atoms with Gasteiger partial charge in [0.15, 0.2) is 0 Å². The number of hydrogen-bond donors (Lipinski definition) is 0. The van der Waals surface area contributed by atoms with E-state index in [0.29, 0.717) is 29.0 Å². The van der Waals surface area contributed by atoms with Crippen molar-refractivity contribution in [2.45, 2.75) is 52.9 Å². The number of ketones is 1. The first-order chi connectivity index (χ1) is 6.52. The Morgan fingerprint density at radius 1 is 1.21 bits per heavy atom. The normalized spacial score (nSPS) is 41.9. The molecular formula is C13H22O. The number of hydrogen-bond acceptors (Lipinski definition) is 1. The smallest absolute Gasteiger partial charge is 0.139 e. The third-order valence-electron chi connectivity index (χ3n) is 4.59. The predicted octanol–water partition coefficient (Wildman–Crippen LogP) is 3.43. The zero-order valence-electron chi connectivity index (χ0n) is 9.68. The van der Waals surface area contributed by atoms with E-state index in [9.17, 15) is 4.79 Å². The summed E-state index contributed by atoms with van der Waals surface area (Å²) in [5, 5.41) is 0. The summed E-state index contributed by atoms with van der Waals surface area (Å²) in [5.74, 6) is 1.99. The lowest BCUT2D eigenvalue weighted by atomic mass is 9.57. The van der Waals surface area contributed by atoms with Crippen LogP contribution in [0.4, 0.5) is 0 Å². The van der Waals surface area contributed by atoms with Gasteiger partial charge in [-0.15, -0.1) is 0 Å². The van der Waals surface area contributed by atoms with Crippen LogP contribution in [0.2, 0.25) is 0 Å². The molecule has 1 heteroatoms. The van der Waals surface area contributed by atoms with Crippen molar-refractivity contribution in [1.82, 2.24) is 0 Å². The van der Waals surface area contributed by atoms with E-state index in [0.717, 1.165) is 12.8 Å². The second-order valence-corrected chi connectivity index (χ2v) is 5.97. The van der Waals surface area contributed by atoms with Crippen molar-refractivity contribution in [3.05, 3.63) is 0 Å². The van der Waals surface area contributed by atoms with Gasteiger partial charge in [0.2, 0.25) is 0 Å². The van der Waals surface area contributed by atoms with Crippen molar-refractivity contribution >= 4 is 5.78 Å². The number of fused-ring (bicyclic) bond motifs is 1. The summed E-state index contributed by atoms with van der Waals surface area (Å²) in [6.07, 6.45) is 6.15. The van der Waals surface area contributed by atoms with Gasteiger partial charge in [-0.2, -0.15) is 0 Å². The van der Waals surface area contributed by atoms with Gasteiger partial charge in [-0.25, -0.2) is 0 Å². The minimum Gasteiger partial charge on any atom is -0.299 e. The topological polar surface area (TPSA) is 17.1 Å². The minimum atomic E-state index is 0.338. The molecule has 2 saturated carbocycles. The molecule has 0 amide bonds. The first kappa shape index (κ1) is 10.2. The summed E-state index contributed by atoms with van der Waals surface area (Å²) >= 11 is 0. The van der Waals surface area contributed by atoms with Crippen LogP contribution >= 0.6 is 0 Å². The molecule has 2 fully saturated rings. The highest BCUT2D eigenvalue weighted by molar-refractivity contribution is 5.84. The molecule has 0 aromatic rings. The SMILES string of the molecule is C[C@H]1CC[C@@H]2[C@H](CCCC2(C)C)C1=O. The first-order valence-corrected chi connectivity index (χ1v) is 6.06. The minimum absolute atomic E-state index is 0.338. The van der Waals surface area contributed by atoms with E-state index in [1.807, 2.05) is 0 Å². The number of Topliss-reactive ketones (excluding diaryl/α,β-unsaturated/α-hetero) is 1. The van der Waals surface area contributed by atoms with Gasteiger partial charge in [-0.3, -0.25) is 4.79 Å². The maximum Gasteiger partial charge on any atom is 0.139 e. The molecule has 0 aliphatic heterocycles. The summed E-state index contributed by atoms with van der Waals surface area (Å²) in [6.45, 7) is 6.82. The molecule has 0 heterocycles. The number of carbonyl (C=O) groups is 1. The Morgan fingerprint density at radius 3 is 2.64 bits per heavy atom. The maximum atomic E-state index is 12.0. The van der Waals surface area contributed by atoms with Crippen LogP contribution in [0.3, 0.4) is 0 Å². The Labute approximate surface area is 87.3 Å². The molecule has 80 valence electrons. The van der Waals surface area contributed by atoms with E-state index >= 15 is 0 Å². The molecule has 0 aromatic heterocycles. The molecule has 2 aliphatic carbocycles. The Morgan fingerprint density at radius 2 is 1.93 bits per heavy atom. The third-order valence-corrected chi connectivity index (χ3v) is 4.59. The van der Waals surface area contributed by atoms with Gasteiger partial charge >= 0.3 is 0 Å². The highest BCUT2D eigenvalue weighted by Gasteiger charge is 2.45. The lowest BCUT2D eigenvalue weighted by molar-refractivity contribution is -0.136. The molecule has 0 unspecified atom stereocenters. The van der Waals surface area contributed by atoms with Crippen LogP contribution in [-0.2, 0) is 4.79 Å². The van der Waals surface area contributed by atoms with E-state index in [1.165, 1.54) is 19.3 Å². The van der Waals surface area contributed by atoms with Crippen LogP contribution < -0.4 is 0 Å². The second kappa shape index (κ2) is 3.36. The molecule has 0 aromatic carbocycles. The van der Waals surface area contributed by atoms with Crippen LogP contribution in [-0.4, -0.2) is 5.78 Å². The molecular weight excluding hydrogens is 172 g/mol. The van der Waals surface area contributed by atoms with Crippen LogP contribution in [0, 0.1) is 23.2 Å². The average molecular weight is 194 g/mol. The highest BCUT2D eigenvalue weighted by Crippen LogP contribution is 2.50. The van der Waals surface area contributed by atoms with Crippen molar-refractivity contribution in [3.8, 4) is 0 Å². The quantitative estimate of drug-likeness (QED) is 0.577.